The lowest BCUT2D eigenvalue weighted by Crippen LogP contribution is -2.44. The minimum absolute atomic E-state index is 0.0497. The summed E-state index contributed by atoms with van der Waals surface area (Å²) < 4.78 is 4.69. The Morgan fingerprint density at radius 2 is 2.00 bits per heavy atom. The van der Waals surface area contributed by atoms with Crippen LogP contribution >= 0.6 is 0 Å². The van der Waals surface area contributed by atoms with E-state index in [-0.39, 0.29) is 23.8 Å². The lowest BCUT2D eigenvalue weighted by Gasteiger charge is -2.31. The Kier molecular flexibility index (Phi) is 7.72. The van der Waals surface area contributed by atoms with Crippen LogP contribution in [0.1, 0.15) is 37.8 Å². The highest BCUT2D eigenvalue weighted by molar-refractivity contribution is 5.74. The van der Waals surface area contributed by atoms with E-state index in [0.717, 1.165) is 36.1 Å². The molecule has 36 heavy (non-hydrogen) atoms. The van der Waals surface area contributed by atoms with Gasteiger partial charge in [-0.2, -0.15) is 4.98 Å². The van der Waals surface area contributed by atoms with Crippen molar-refractivity contribution in [2.45, 2.75) is 58.7 Å². The van der Waals surface area contributed by atoms with E-state index in [1.165, 1.54) is 15.2 Å². The summed E-state index contributed by atoms with van der Waals surface area (Å²) in [4.78, 5) is 44.4. The maximum atomic E-state index is 13.7. The van der Waals surface area contributed by atoms with Gasteiger partial charge in [0.1, 0.15) is 5.94 Å². The lowest BCUT2D eigenvalue weighted by molar-refractivity contribution is 0.495. The van der Waals surface area contributed by atoms with E-state index in [0.29, 0.717) is 43.0 Å². The van der Waals surface area contributed by atoms with Crippen molar-refractivity contribution in [3.63, 3.8) is 0 Å². The molecule has 0 spiro atoms. The Labute approximate surface area is 210 Å². The summed E-state index contributed by atoms with van der Waals surface area (Å²) in [6.45, 7) is 6.23. The van der Waals surface area contributed by atoms with E-state index in [1.807, 2.05) is 42.7 Å². The first-order valence-corrected chi connectivity index (χ1v) is 12.4. The number of fused-ring (bicyclic) bond motifs is 1. The molecular formula is C27H34N6O3. The van der Waals surface area contributed by atoms with Crippen LogP contribution in [0.25, 0.3) is 11.2 Å². The second kappa shape index (κ2) is 10.9. The molecule has 1 aliphatic rings. The van der Waals surface area contributed by atoms with Crippen molar-refractivity contribution in [3.05, 3.63) is 74.0 Å². The van der Waals surface area contributed by atoms with E-state index in [4.69, 9.17) is 10.7 Å². The highest BCUT2D eigenvalue weighted by Crippen LogP contribution is 2.23. The van der Waals surface area contributed by atoms with Crippen LogP contribution in [0.3, 0.4) is 0 Å². The van der Waals surface area contributed by atoms with Crippen molar-refractivity contribution >= 4 is 23.1 Å². The Morgan fingerprint density at radius 3 is 2.72 bits per heavy atom. The minimum Gasteiger partial charge on any atom is -0.341 e. The Bertz CT molecular complexity index is 1450. The van der Waals surface area contributed by atoms with Gasteiger partial charge in [-0.25, -0.2) is 9.59 Å². The summed E-state index contributed by atoms with van der Waals surface area (Å²) in [7, 11) is 1.66. The molecule has 9 nitrogen and oxygen atoms in total. The molecular weight excluding hydrogens is 456 g/mol. The second-order valence-corrected chi connectivity index (χ2v) is 9.72. The number of nitrogens with zero attached hydrogens (tertiary/aromatic N) is 5. The zero-order valence-corrected chi connectivity index (χ0v) is 21.2. The van der Waals surface area contributed by atoms with Crippen molar-refractivity contribution in [2.24, 2.45) is 12.8 Å². The summed E-state index contributed by atoms with van der Waals surface area (Å²) in [5.74, 6) is 2.47. The fourth-order valence-electron chi connectivity index (χ4n) is 4.75. The molecule has 0 aliphatic carbocycles. The van der Waals surface area contributed by atoms with Crippen molar-refractivity contribution in [2.75, 3.05) is 18.0 Å². The number of carbonyl (C=O) groups excluding carboxylic acids is 1. The minimum atomic E-state index is -0.388. The van der Waals surface area contributed by atoms with Gasteiger partial charge in [-0.05, 0) is 44.2 Å². The maximum absolute atomic E-state index is 13.7. The van der Waals surface area contributed by atoms with Crippen LogP contribution in [0, 0.1) is 0 Å². The third-order valence-corrected chi connectivity index (χ3v) is 6.67. The lowest BCUT2D eigenvalue weighted by atomic mass is 10.1. The van der Waals surface area contributed by atoms with Gasteiger partial charge in [0.15, 0.2) is 11.2 Å². The smallest absolute Gasteiger partial charge is 0.332 e. The number of aryl methyl sites for hydroxylation is 2. The standard InChI is InChI=1S/C27H34N6O3/c1-19(2)11-14-32-23-24(29-26(32)31-13-5-10-22(28)18-31)30(3)27(36)33(25(23)35)15-12-21-8-4-7-20(17-21)9-6-16-34/h4,6-8,11,17,22H,5,9-10,12-15,18,28H2,1-3H3. The fraction of sp³-hybridized carbons (Fsp3) is 0.444. The topological polar surface area (TPSA) is 108 Å². The Morgan fingerprint density at radius 1 is 1.22 bits per heavy atom. The molecule has 0 bridgehead atoms. The number of nitrogens with two attached hydrogens (primary N) is 1. The second-order valence-electron chi connectivity index (χ2n) is 9.72. The monoisotopic (exact) mass is 490 g/mol. The average molecular weight is 491 g/mol. The molecule has 2 aromatic heterocycles. The van der Waals surface area contributed by atoms with Crippen LogP contribution in [-0.4, -0.2) is 43.8 Å². The molecule has 190 valence electrons. The molecule has 1 unspecified atom stereocenters. The van der Waals surface area contributed by atoms with Gasteiger partial charge in [0, 0.05) is 51.8 Å². The van der Waals surface area contributed by atoms with E-state index >= 15 is 0 Å². The first-order valence-electron chi connectivity index (χ1n) is 12.4. The average Bonchev–Trinajstić information content (AvgIpc) is 3.25. The van der Waals surface area contributed by atoms with Crippen LogP contribution < -0.4 is 21.9 Å². The first kappa shape index (κ1) is 25.4. The van der Waals surface area contributed by atoms with Gasteiger partial charge in [-0.15, -0.1) is 0 Å². The third kappa shape index (κ3) is 5.27. The SMILES string of the molecule is CC(C)=CCn1c(N2CCCC(N)C2)nc2c1c(=O)n(CCc1cccc(CC=C=O)c1)c(=O)n2C. The summed E-state index contributed by atoms with van der Waals surface area (Å²) in [6, 6.07) is 7.84. The number of benzene rings is 1. The molecule has 1 aliphatic heterocycles. The fourth-order valence-corrected chi connectivity index (χ4v) is 4.75. The summed E-state index contributed by atoms with van der Waals surface area (Å²) in [6.07, 6.45) is 6.42. The number of imidazole rings is 1. The van der Waals surface area contributed by atoms with Gasteiger partial charge in [-0.3, -0.25) is 13.9 Å². The van der Waals surface area contributed by atoms with Crippen molar-refractivity contribution < 1.29 is 4.79 Å². The van der Waals surface area contributed by atoms with Gasteiger partial charge >= 0.3 is 5.69 Å². The number of piperidine rings is 1. The number of allylic oxidation sites excluding steroid dienone is 3. The molecule has 0 saturated carbocycles. The maximum Gasteiger partial charge on any atom is 0.332 e. The Balaban J connectivity index is 1.77. The predicted octanol–water partition coefficient (Wildman–Crippen LogP) is 1.96. The quantitative estimate of drug-likeness (QED) is 0.382. The van der Waals surface area contributed by atoms with Crippen LogP contribution in [0.2, 0.25) is 0 Å². The predicted molar refractivity (Wildman–Crippen MR) is 142 cm³/mol. The van der Waals surface area contributed by atoms with E-state index in [1.54, 1.807) is 13.0 Å². The number of aromatic nitrogens is 4. The molecule has 2 N–H and O–H groups in total. The largest absolute Gasteiger partial charge is 0.341 e. The third-order valence-electron chi connectivity index (χ3n) is 6.67. The highest BCUT2D eigenvalue weighted by Gasteiger charge is 2.26. The van der Waals surface area contributed by atoms with Crippen molar-refractivity contribution in [1.29, 1.82) is 0 Å². The number of rotatable bonds is 8. The molecule has 4 rings (SSSR count). The van der Waals surface area contributed by atoms with Gasteiger partial charge in [0.25, 0.3) is 5.56 Å². The van der Waals surface area contributed by atoms with Crippen LogP contribution in [0.5, 0.6) is 0 Å². The van der Waals surface area contributed by atoms with E-state index in [9.17, 15) is 14.4 Å². The molecule has 1 saturated heterocycles. The van der Waals surface area contributed by atoms with Crippen molar-refractivity contribution in [1.82, 2.24) is 18.7 Å². The number of hydrogen-bond acceptors (Lipinski definition) is 6. The molecule has 3 heterocycles. The molecule has 3 aromatic rings. The molecule has 0 radical (unpaired) electrons. The Hall–Kier alpha value is -3.68. The number of hydrogen-bond donors (Lipinski definition) is 1. The van der Waals surface area contributed by atoms with Crippen LogP contribution in [0.15, 0.2) is 51.6 Å². The molecule has 1 fully saturated rings. The van der Waals surface area contributed by atoms with Gasteiger partial charge in [-0.1, -0.05) is 35.9 Å². The molecule has 1 atom stereocenters. The zero-order chi connectivity index (χ0) is 25.8. The van der Waals surface area contributed by atoms with Gasteiger partial charge in [0.05, 0.1) is 0 Å². The molecule has 9 heteroatoms. The first-order chi connectivity index (χ1) is 17.3. The van der Waals surface area contributed by atoms with Crippen molar-refractivity contribution in [3.8, 4) is 0 Å². The van der Waals surface area contributed by atoms with Gasteiger partial charge < -0.3 is 15.2 Å². The summed E-state index contributed by atoms with van der Waals surface area (Å²) >= 11 is 0. The molecule has 1 aromatic carbocycles. The van der Waals surface area contributed by atoms with Crippen LogP contribution in [-0.2, 0) is 37.8 Å². The van der Waals surface area contributed by atoms with Crippen LogP contribution in [0.4, 0.5) is 5.95 Å². The number of anilines is 1. The van der Waals surface area contributed by atoms with E-state index < -0.39 is 0 Å². The summed E-state index contributed by atoms with van der Waals surface area (Å²) in [5.41, 5.74) is 9.43. The van der Waals surface area contributed by atoms with E-state index in [2.05, 4.69) is 11.0 Å². The highest BCUT2D eigenvalue weighted by atomic mass is 16.2. The normalized spacial score (nSPS) is 15.7. The zero-order valence-electron chi connectivity index (χ0n) is 21.2. The summed E-state index contributed by atoms with van der Waals surface area (Å²) in [5, 5.41) is 0. The molecule has 0 amide bonds. The van der Waals surface area contributed by atoms with Gasteiger partial charge in [0.2, 0.25) is 5.95 Å².